The molecule has 0 radical (unpaired) electrons. The third-order valence-electron chi connectivity index (χ3n) is 3.44. The molecule has 1 heterocycles. The highest BCUT2D eigenvalue weighted by molar-refractivity contribution is 8.01. The minimum absolute atomic E-state index is 0.0704. The maximum Gasteiger partial charge on any atom is 0.206 e. The van der Waals surface area contributed by atoms with Gasteiger partial charge >= 0.3 is 0 Å². The number of hydrogen-bond donors (Lipinski definition) is 1. The predicted molar refractivity (Wildman–Crippen MR) is 97.8 cm³/mol. The van der Waals surface area contributed by atoms with Crippen molar-refractivity contribution in [1.82, 2.24) is 4.98 Å². The third kappa shape index (κ3) is 4.14. The second-order valence-electron chi connectivity index (χ2n) is 5.25. The molecular formula is C18H12F2N2O2S2. The Kier molecular flexibility index (Phi) is 5.43. The zero-order chi connectivity index (χ0) is 18.7. The molecule has 0 saturated heterocycles. The van der Waals surface area contributed by atoms with E-state index in [1.807, 2.05) is 0 Å². The summed E-state index contributed by atoms with van der Waals surface area (Å²) in [5.41, 5.74) is 6.51. The number of aromatic nitrogens is 1. The molecule has 0 bridgehead atoms. The van der Waals surface area contributed by atoms with Crippen LogP contribution in [-0.4, -0.2) is 22.3 Å². The molecule has 8 heteroatoms. The van der Waals surface area contributed by atoms with Crippen molar-refractivity contribution in [3.05, 3.63) is 76.2 Å². The number of hydrogen-bond acceptors (Lipinski definition) is 6. The van der Waals surface area contributed by atoms with Crippen LogP contribution in [0.4, 0.5) is 14.6 Å². The summed E-state index contributed by atoms with van der Waals surface area (Å²) in [7, 11) is 0. The van der Waals surface area contributed by atoms with E-state index in [1.54, 1.807) is 0 Å². The first-order valence-corrected chi connectivity index (χ1v) is 9.22. The maximum atomic E-state index is 13.0. The van der Waals surface area contributed by atoms with Crippen molar-refractivity contribution in [1.29, 1.82) is 0 Å². The van der Waals surface area contributed by atoms with Gasteiger partial charge in [-0.2, -0.15) is 0 Å². The number of Topliss-reactive ketones (excluding diaryl/α,β-unsaturated/α-hetero) is 1. The molecule has 3 rings (SSSR count). The molecule has 0 aliphatic heterocycles. The van der Waals surface area contributed by atoms with E-state index >= 15 is 0 Å². The van der Waals surface area contributed by atoms with Gasteiger partial charge in [0.05, 0.1) is 5.75 Å². The highest BCUT2D eigenvalue weighted by atomic mass is 32.2. The van der Waals surface area contributed by atoms with E-state index in [4.69, 9.17) is 5.73 Å². The number of thioether (sulfide) groups is 1. The van der Waals surface area contributed by atoms with Crippen molar-refractivity contribution >= 4 is 40.5 Å². The maximum absolute atomic E-state index is 13.0. The van der Waals surface area contributed by atoms with Crippen molar-refractivity contribution < 1.29 is 18.4 Å². The Morgan fingerprint density at radius 3 is 2.08 bits per heavy atom. The van der Waals surface area contributed by atoms with Gasteiger partial charge in [0.2, 0.25) is 5.78 Å². The zero-order valence-electron chi connectivity index (χ0n) is 13.2. The van der Waals surface area contributed by atoms with Crippen molar-refractivity contribution in [3.63, 3.8) is 0 Å². The van der Waals surface area contributed by atoms with Gasteiger partial charge in [-0.1, -0.05) is 11.8 Å². The minimum atomic E-state index is -0.436. The molecule has 0 fully saturated rings. The van der Waals surface area contributed by atoms with Crippen LogP contribution in [0.3, 0.4) is 0 Å². The predicted octanol–water partition coefficient (Wildman–Crippen LogP) is 4.21. The summed E-state index contributed by atoms with van der Waals surface area (Å²) >= 11 is 2.23. The first-order valence-electron chi connectivity index (χ1n) is 7.42. The second kappa shape index (κ2) is 7.76. The summed E-state index contributed by atoms with van der Waals surface area (Å²) < 4.78 is 26.3. The fourth-order valence-electron chi connectivity index (χ4n) is 2.11. The molecular weight excluding hydrogens is 378 g/mol. The van der Waals surface area contributed by atoms with Crippen LogP contribution in [0.15, 0.2) is 52.9 Å². The smallest absolute Gasteiger partial charge is 0.206 e. The molecule has 0 aliphatic rings. The van der Waals surface area contributed by atoms with E-state index in [1.165, 1.54) is 48.5 Å². The van der Waals surface area contributed by atoms with Gasteiger partial charge in [-0.05, 0) is 48.5 Å². The molecule has 132 valence electrons. The van der Waals surface area contributed by atoms with Gasteiger partial charge in [0.1, 0.15) is 22.3 Å². The molecule has 4 nitrogen and oxygen atoms in total. The minimum Gasteiger partial charge on any atom is -0.382 e. The van der Waals surface area contributed by atoms with Crippen LogP contribution < -0.4 is 5.73 Å². The van der Waals surface area contributed by atoms with E-state index in [2.05, 4.69) is 4.98 Å². The Balaban J connectivity index is 1.70. The van der Waals surface area contributed by atoms with Crippen LogP contribution in [0.1, 0.15) is 25.6 Å². The molecule has 0 atom stereocenters. The van der Waals surface area contributed by atoms with E-state index in [0.29, 0.717) is 15.5 Å². The fraction of sp³-hybridized carbons (Fsp3) is 0.0556. The molecule has 3 aromatic rings. The Morgan fingerprint density at radius 2 is 1.50 bits per heavy atom. The number of thiazole rings is 1. The van der Waals surface area contributed by atoms with Crippen molar-refractivity contribution in [2.24, 2.45) is 0 Å². The lowest BCUT2D eigenvalue weighted by atomic mass is 10.1. The summed E-state index contributed by atoms with van der Waals surface area (Å²) in [5.74, 6) is -1.23. The second-order valence-corrected chi connectivity index (χ2v) is 7.47. The number of carbonyl (C=O) groups excluding carboxylic acids is 2. The highest BCUT2D eigenvalue weighted by Crippen LogP contribution is 2.31. The summed E-state index contributed by atoms with van der Waals surface area (Å²) in [6, 6.07) is 10.4. The summed E-state index contributed by atoms with van der Waals surface area (Å²) in [5, 5.41) is 0. The number of anilines is 1. The van der Waals surface area contributed by atoms with Gasteiger partial charge in [0.15, 0.2) is 10.1 Å². The lowest BCUT2D eigenvalue weighted by Crippen LogP contribution is -2.02. The van der Waals surface area contributed by atoms with Gasteiger partial charge in [-0.15, -0.1) is 11.3 Å². The van der Waals surface area contributed by atoms with E-state index < -0.39 is 11.6 Å². The zero-order valence-corrected chi connectivity index (χ0v) is 14.9. The standard InChI is InChI=1S/C18H12F2N2O2S2/c19-12-5-1-10(2-6-12)14(23)9-25-18-22-17(21)16(26-18)15(24)11-3-7-13(20)8-4-11/h1-8H,9,21H2. The lowest BCUT2D eigenvalue weighted by molar-refractivity contribution is 0.101. The average molecular weight is 390 g/mol. The summed E-state index contributed by atoms with van der Waals surface area (Å²) in [6.45, 7) is 0. The first kappa shape index (κ1) is 18.2. The van der Waals surface area contributed by atoms with Crippen molar-refractivity contribution in [2.45, 2.75) is 4.34 Å². The monoisotopic (exact) mass is 390 g/mol. The molecule has 26 heavy (non-hydrogen) atoms. The van der Waals surface area contributed by atoms with E-state index in [0.717, 1.165) is 23.1 Å². The molecule has 0 spiro atoms. The van der Waals surface area contributed by atoms with Gasteiger partial charge in [0.25, 0.3) is 0 Å². The molecule has 0 aliphatic carbocycles. The Morgan fingerprint density at radius 1 is 0.962 bits per heavy atom. The average Bonchev–Trinajstić information content (AvgIpc) is 3.01. The fourth-order valence-corrected chi connectivity index (χ4v) is 4.04. The Hall–Kier alpha value is -2.58. The SMILES string of the molecule is Nc1nc(SCC(=O)c2ccc(F)cc2)sc1C(=O)c1ccc(F)cc1. The van der Waals surface area contributed by atoms with Gasteiger partial charge in [-0.3, -0.25) is 9.59 Å². The van der Waals surface area contributed by atoms with Crippen LogP contribution in [-0.2, 0) is 0 Å². The number of halogens is 2. The largest absolute Gasteiger partial charge is 0.382 e. The van der Waals surface area contributed by atoms with Crippen molar-refractivity contribution in [2.75, 3.05) is 11.5 Å². The van der Waals surface area contributed by atoms with Crippen LogP contribution in [0.25, 0.3) is 0 Å². The molecule has 0 unspecified atom stereocenters. The number of ketones is 2. The number of nitrogen functional groups attached to an aromatic ring is 1. The van der Waals surface area contributed by atoms with Gasteiger partial charge < -0.3 is 5.73 Å². The van der Waals surface area contributed by atoms with Crippen LogP contribution >= 0.6 is 23.1 Å². The molecule has 0 saturated carbocycles. The number of carbonyl (C=O) groups is 2. The highest BCUT2D eigenvalue weighted by Gasteiger charge is 2.19. The molecule has 0 amide bonds. The first-order chi connectivity index (χ1) is 12.4. The summed E-state index contributed by atoms with van der Waals surface area (Å²) in [6.07, 6.45) is 0. The third-order valence-corrected chi connectivity index (χ3v) is 5.65. The summed E-state index contributed by atoms with van der Waals surface area (Å²) in [4.78, 5) is 28.9. The number of benzene rings is 2. The van der Waals surface area contributed by atoms with Crippen molar-refractivity contribution in [3.8, 4) is 0 Å². The van der Waals surface area contributed by atoms with Crippen LogP contribution in [0.2, 0.25) is 0 Å². The van der Waals surface area contributed by atoms with E-state index in [9.17, 15) is 18.4 Å². The van der Waals surface area contributed by atoms with Crippen LogP contribution in [0, 0.1) is 11.6 Å². The van der Waals surface area contributed by atoms with Crippen LogP contribution in [0.5, 0.6) is 0 Å². The van der Waals surface area contributed by atoms with Gasteiger partial charge in [-0.25, -0.2) is 13.8 Å². The Bertz CT molecular complexity index is 954. The molecule has 1 aromatic heterocycles. The van der Waals surface area contributed by atoms with Gasteiger partial charge in [0, 0.05) is 11.1 Å². The molecule has 2 aromatic carbocycles. The normalized spacial score (nSPS) is 10.7. The number of nitrogens with two attached hydrogens (primary N) is 1. The number of rotatable bonds is 6. The lowest BCUT2D eigenvalue weighted by Gasteiger charge is -1.99. The van der Waals surface area contributed by atoms with E-state index in [-0.39, 0.29) is 28.0 Å². The Labute approximate surface area is 156 Å². The molecule has 2 N–H and O–H groups in total. The topological polar surface area (TPSA) is 73.0 Å². The number of nitrogens with zero attached hydrogens (tertiary/aromatic N) is 1. The quantitative estimate of drug-likeness (QED) is 0.504.